The minimum absolute atomic E-state index is 0.134. The lowest BCUT2D eigenvalue weighted by molar-refractivity contribution is -0.150. The Morgan fingerprint density at radius 1 is 1.16 bits per heavy atom. The average Bonchev–Trinajstić information content (AvgIpc) is 3.54. The van der Waals surface area contributed by atoms with Gasteiger partial charge in [-0.15, -0.1) is 0 Å². The Balaban J connectivity index is 1.23. The molecule has 1 fully saturated rings. The first-order valence-electron chi connectivity index (χ1n) is 11.8. The van der Waals surface area contributed by atoms with Crippen molar-refractivity contribution in [1.82, 2.24) is 15.1 Å². The number of benzene rings is 2. The molecule has 2 unspecified atom stereocenters. The van der Waals surface area contributed by atoms with Crippen LogP contribution in [0.3, 0.4) is 0 Å². The van der Waals surface area contributed by atoms with Crippen molar-refractivity contribution in [3.63, 3.8) is 0 Å². The Morgan fingerprint density at radius 3 is 2.65 bits per heavy atom. The fourth-order valence-electron chi connectivity index (χ4n) is 4.55. The summed E-state index contributed by atoms with van der Waals surface area (Å²) in [5, 5.41) is 19.0. The van der Waals surface area contributed by atoms with E-state index in [4.69, 9.17) is 5.26 Å². The van der Waals surface area contributed by atoms with Gasteiger partial charge in [0.25, 0.3) is 11.8 Å². The molecule has 190 valence electrons. The van der Waals surface area contributed by atoms with Gasteiger partial charge in [0.2, 0.25) is 0 Å². The van der Waals surface area contributed by atoms with Crippen LogP contribution in [0.4, 0.5) is 24.5 Å². The zero-order valence-electron chi connectivity index (χ0n) is 19.6. The van der Waals surface area contributed by atoms with Crippen LogP contribution < -0.4 is 15.5 Å². The molecule has 2 N–H and O–H groups in total. The fraction of sp³-hybridized carbons (Fsp3) is 0.308. The molecule has 1 aliphatic carbocycles. The molecule has 1 aromatic heterocycles. The summed E-state index contributed by atoms with van der Waals surface area (Å²) in [4.78, 5) is 27.8. The molecule has 8 nitrogen and oxygen atoms in total. The van der Waals surface area contributed by atoms with Crippen LogP contribution in [-0.2, 0) is 13.1 Å². The van der Waals surface area contributed by atoms with Gasteiger partial charge in [0.05, 0.1) is 35.9 Å². The summed E-state index contributed by atoms with van der Waals surface area (Å²) in [6.07, 6.45) is -2.58. The van der Waals surface area contributed by atoms with Crippen molar-refractivity contribution >= 4 is 23.2 Å². The summed E-state index contributed by atoms with van der Waals surface area (Å²) >= 11 is 0. The Morgan fingerprint density at radius 2 is 1.95 bits per heavy atom. The average molecular weight is 509 g/mol. The first kappa shape index (κ1) is 24.5. The molecular weight excluding hydrogens is 485 g/mol. The molecule has 3 aromatic rings. The van der Waals surface area contributed by atoms with E-state index in [0.29, 0.717) is 43.1 Å². The molecule has 2 aliphatic rings. The second-order valence-electron chi connectivity index (χ2n) is 9.17. The van der Waals surface area contributed by atoms with Crippen LogP contribution in [0.1, 0.15) is 38.4 Å². The Bertz CT molecular complexity index is 1380. The van der Waals surface area contributed by atoms with Crippen LogP contribution in [0.15, 0.2) is 54.7 Å². The molecule has 1 saturated carbocycles. The number of halogens is 3. The molecule has 1 aliphatic heterocycles. The normalized spacial score (nSPS) is 18.8. The lowest BCUT2D eigenvalue weighted by atomic mass is 10.1. The van der Waals surface area contributed by atoms with Crippen LogP contribution in [0.5, 0.6) is 0 Å². The maximum atomic E-state index is 13.3. The second-order valence-corrected chi connectivity index (χ2v) is 9.17. The molecule has 2 aromatic carbocycles. The zero-order chi connectivity index (χ0) is 26.2. The number of hydrogen-bond donors (Lipinski definition) is 2. The SMILES string of the molecule is N#Cc1cccc(NC(=O)c2cnn3c2C(=O)N(c2ccc(CNCC4CC4C(F)(F)F)cc2)CC3)c1. The molecule has 2 heterocycles. The van der Waals surface area contributed by atoms with Gasteiger partial charge in [0.15, 0.2) is 0 Å². The number of alkyl halides is 3. The maximum Gasteiger partial charge on any atom is 0.392 e. The predicted molar refractivity (Wildman–Crippen MR) is 129 cm³/mol. The molecular formula is C26H23F3N6O2. The monoisotopic (exact) mass is 508 g/mol. The van der Waals surface area contributed by atoms with E-state index >= 15 is 0 Å². The number of nitrogens with one attached hydrogen (secondary N) is 2. The van der Waals surface area contributed by atoms with E-state index in [1.165, 1.54) is 16.9 Å². The quantitative estimate of drug-likeness (QED) is 0.503. The van der Waals surface area contributed by atoms with Gasteiger partial charge in [-0.25, -0.2) is 0 Å². The summed E-state index contributed by atoms with van der Waals surface area (Å²) in [7, 11) is 0. The molecule has 2 amide bonds. The van der Waals surface area contributed by atoms with Crippen molar-refractivity contribution in [2.45, 2.75) is 25.7 Å². The minimum Gasteiger partial charge on any atom is -0.322 e. The van der Waals surface area contributed by atoms with Gasteiger partial charge < -0.3 is 15.5 Å². The van der Waals surface area contributed by atoms with E-state index in [1.54, 1.807) is 35.2 Å². The highest BCUT2D eigenvalue weighted by molar-refractivity contribution is 6.15. The van der Waals surface area contributed by atoms with Crippen molar-refractivity contribution in [2.24, 2.45) is 11.8 Å². The van der Waals surface area contributed by atoms with Gasteiger partial charge in [-0.3, -0.25) is 14.3 Å². The number of rotatable bonds is 7. The zero-order valence-corrected chi connectivity index (χ0v) is 19.6. The minimum atomic E-state index is -4.12. The first-order valence-corrected chi connectivity index (χ1v) is 11.8. The van der Waals surface area contributed by atoms with Crippen LogP contribution in [0.2, 0.25) is 0 Å². The van der Waals surface area contributed by atoms with E-state index in [0.717, 1.165) is 5.56 Å². The van der Waals surface area contributed by atoms with E-state index < -0.39 is 18.0 Å². The number of hydrogen-bond acceptors (Lipinski definition) is 5. The highest BCUT2D eigenvalue weighted by Gasteiger charge is 2.55. The van der Waals surface area contributed by atoms with Gasteiger partial charge in [0.1, 0.15) is 5.69 Å². The number of aromatic nitrogens is 2. The Hall–Kier alpha value is -4.17. The van der Waals surface area contributed by atoms with E-state index in [-0.39, 0.29) is 29.5 Å². The van der Waals surface area contributed by atoms with Crippen LogP contribution in [0, 0.1) is 23.2 Å². The van der Waals surface area contributed by atoms with Crippen molar-refractivity contribution < 1.29 is 22.8 Å². The summed E-state index contributed by atoms with van der Waals surface area (Å²) in [5.41, 5.74) is 2.68. The Labute approximate surface area is 210 Å². The lowest BCUT2D eigenvalue weighted by Gasteiger charge is -2.28. The third-order valence-corrected chi connectivity index (χ3v) is 6.64. The molecule has 5 rings (SSSR count). The number of carbonyl (C=O) groups is 2. The smallest absolute Gasteiger partial charge is 0.322 e. The summed E-state index contributed by atoms with van der Waals surface area (Å²) in [6, 6.07) is 15.7. The third-order valence-electron chi connectivity index (χ3n) is 6.64. The topological polar surface area (TPSA) is 103 Å². The molecule has 37 heavy (non-hydrogen) atoms. The third kappa shape index (κ3) is 5.20. The van der Waals surface area contributed by atoms with Crippen molar-refractivity contribution in [3.8, 4) is 6.07 Å². The second kappa shape index (κ2) is 9.71. The summed E-state index contributed by atoms with van der Waals surface area (Å²) in [5.74, 6) is -2.43. The lowest BCUT2D eigenvalue weighted by Crippen LogP contribution is -2.41. The number of nitriles is 1. The van der Waals surface area contributed by atoms with Gasteiger partial charge in [0, 0.05) is 24.5 Å². The number of carbonyl (C=O) groups excluding carboxylic acids is 2. The number of amides is 2. The largest absolute Gasteiger partial charge is 0.392 e. The van der Waals surface area contributed by atoms with Crippen molar-refractivity contribution in [3.05, 3.63) is 77.1 Å². The van der Waals surface area contributed by atoms with E-state index in [2.05, 4.69) is 15.7 Å². The standard InChI is InChI=1S/C26H23F3N6O2/c27-26(28,29)22-11-18(22)14-31-13-16-4-6-20(7-5-16)34-8-9-35-23(25(34)37)21(15-32-35)24(36)33-19-3-1-2-17(10-19)12-30/h1-7,10,15,18,22,31H,8-9,11,13-14H2,(H,33,36). The van der Waals surface area contributed by atoms with Crippen molar-refractivity contribution in [1.29, 1.82) is 5.26 Å². The fourth-order valence-corrected chi connectivity index (χ4v) is 4.55. The molecule has 0 radical (unpaired) electrons. The molecule has 0 saturated heterocycles. The van der Waals surface area contributed by atoms with Gasteiger partial charge in [-0.2, -0.15) is 23.5 Å². The number of nitrogens with zero attached hydrogens (tertiary/aromatic N) is 4. The number of fused-ring (bicyclic) bond motifs is 1. The van der Waals surface area contributed by atoms with Crippen LogP contribution >= 0.6 is 0 Å². The van der Waals surface area contributed by atoms with Crippen molar-refractivity contribution in [2.75, 3.05) is 23.3 Å². The predicted octanol–water partition coefficient (Wildman–Crippen LogP) is 3.96. The molecule has 0 bridgehead atoms. The number of anilines is 2. The van der Waals surface area contributed by atoms with Gasteiger partial charge in [-0.1, -0.05) is 18.2 Å². The van der Waals surface area contributed by atoms with E-state index in [9.17, 15) is 22.8 Å². The van der Waals surface area contributed by atoms with Gasteiger partial charge >= 0.3 is 6.18 Å². The molecule has 11 heteroatoms. The maximum absolute atomic E-state index is 13.3. The Kier molecular flexibility index (Phi) is 6.43. The van der Waals surface area contributed by atoms with E-state index in [1.807, 2.05) is 18.2 Å². The highest BCUT2D eigenvalue weighted by Crippen LogP contribution is 2.49. The molecule has 2 atom stereocenters. The molecule has 0 spiro atoms. The summed E-state index contributed by atoms with van der Waals surface area (Å²) in [6.45, 7) is 1.52. The first-order chi connectivity index (χ1) is 17.7. The summed E-state index contributed by atoms with van der Waals surface area (Å²) < 4.78 is 39.5. The highest BCUT2D eigenvalue weighted by atomic mass is 19.4. The van der Waals surface area contributed by atoms with Gasteiger partial charge in [-0.05, 0) is 54.8 Å². The van der Waals surface area contributed by atoms with Crippen LogP contribution in [-0.4, -0.2) is 40.9 Å². The van der Waals surface area contributed by atoms with Crippen LogP contribution in [0.25, 0.3) is 0 Å².